The van der Waals surface area contributed by atoms with E-state index in [1.807, 2.05) is 12.1 Å². The molecule has 98 valence electrons. The molecule has 2 aliphatic rings. The van der Waals surface area contributed by atoms with E-state index in [4.69, 9.17) is 26.4 Å². The molecule has 0 spiro atoms. The Labute approximate surface area is 112 Å². The summed E-state index contributed by atoms with van der Waals surface area (Å²) in [7, 11) is 0. The quantitative estimate of drug-likeness (QED) is 0.906. The van der Waals surface area contributed by atoms with Crippen LogP contribution in [0.3, 0.4) is 0 Å². The normalized spacial score (nSPS) is 27.3. The second-order valence-electron chi connectivity index (χ2n) is 4.95. The summed E-state index contributed by atoms with van der Waals surface area (Å²) < 4.78 is 5.34. The molecule has 1 aromatic rings. The number of pyridine rings is 1. The first-order valence-electron chi connectivity index (χ1n) is 6.39. The molecule has 2 heterocycles. The number of ether oxygens (including phenoxy) is 1. The monoisotopic (exact) mass is 268 g/mol. The first-order chi connectivity index (χ1) is 8.78. The number of hydrogen-bond acceptors (Lipinski definition) is 4. The van der Waals surface area contributed by atoms with Crippen molar-refractivity contribution < 1.29 is 9.84 Å². The maximum Gasteiger partial charge on any atom is 0.130 e. The van der Waals surface area contributed by atoms with Gasteiger partial charge >= 0.3 is 0 Å². The fraction of sp³-hybridized carbons (Fsp3) is 0.615. The Hall–Kier alpha value is -0.840. The largest absolute Gasteiger partial charge is 0.396 e. The molecule has 0 radical (unpaired) electrons. The van der Waals surface area contributed by atoms with Gasteiger partial charge in [-0.3, -0.25) is 0 Å². The van der Waals surface area contributed by atoms with Crippen LogP contribution in [0.25, 0.3) is 0 Å². The highest BCUT2D eigenvalue weighted by Gasteiger charge is 2.39. The molecule has 2 atom stereocenters. The Morgan fingerprint density at radius 2 is 2.17 bits per heavy atom. The van der Waals surface area contributed by atoms with Gasteiger partial charge in [-0.05, 0) is 24.5 Å². The number of anilines is 1. The lowest BCUT2D eigenvalue weighted by Crippen LogP contribution is -2.36. The summed E-state index contributed by atoms with van der Waals surface area (Å²) in [4.78, 5) is 6.90. The molecule has 2 fully saturated rings. The van der Waals surface area contributed by atoms with E-state index in [2.05, 4.69) is 4.90 Å². The molecule has 0 bridgehead atoms. The van der Waals surface area contributed by atoms with E-state index < -0.39 is 0 Å². The Morgan fingerprint density at radius 1 is 1.39 bits per heavy atom. The van der Waals surface area contributed by atoms with Crippen LogP contribution >= 0.6 is 11.6 Å². The lowest BCUT2D eigenvalue weighted by molar-refractivity contribution is 0.122. The summed E-state index contributed by atoms with van der Waals surface area (Å²) >= 11 is 6.17. The van der Waals surface area contributed by atoms with E-state index in [-0.39, 0.29) is 6.61 Å². The molecule has 5 heteroatoms. The Balaban J connectivity index is 1.81. The zero-order chi connectivity index (χ0) is 12.5. The predicted octanol–water partition coefficient (Wildman–Crippen LogP) is 1.67. The van der Waals surface area contributed by atoms with Gasteiger partial charge in [0.2, 0.25) is 0 Å². The molecule has 0 unspecified atom stereocenters. The van der Waals surface area contributed by atoms with Crippen LogP contribution < -0.4 is 4.90 Å². The number of halogens is 1. The number of rotatable bonds is 3. The predicted molar refractivity (Wildman–Crippen MR) is 70.2 cm³/mol. The zero-order valence-corrected chi connectivity index (χ0v) is 10.9. The lowest BCUT2D eigenvalue weighted by atomic mass is 10.2. The minimum Gasteiger partial charge on any atom is -0.396 e. The topological polar surface area (TPSA) is 45.6 Å². The molecule has 1 N–H and O–H groups in total. The maximum atomic E-state index is 9.14. The molecular formula is C13H17ClN2O2. The highest BCUT2D eigenvalue weighted by Crippen LogP contribution is 2.47. The maximum absolute atomic E-state index is 9.14. The van der Waals surface area contributed by atoms with Crippen molar-refractivity contribution in [3.63, 3.8) is 0 Å². The van der Waals surface area contributed by atoms with Crippen molar-refractivity contribution in [2.24, 2.45) is 5.92 Å². The molecule has 1 aliphatic heterocycles. The number of hydrogen-bond donors (Lipinski definition) is 1. The van der Waals surface area contributed by atoms with Crippen molar-refractivity contribution in [3.8, 4) is 0 Å². The Bertz CT molecular complexity index is 435. The van der Waals surface area contributed by atoms with Crippen LogP contribution in [-0.4, -0.2) is 43.0 Å². The van der Waals surface area contributed by atoms with Crippen molar-refractivity contribution in [1.29, 1.82) is 0 Å². The molecule has 3 rings (SSSR count). The van der Waals surface area contributed by atoms with Gasteiger partial charge in [0.05, 0.1) is 13.2 Å². The van der Waals surface area contributed by atoms with Gasteiger partial charge in [-0.25, -0.2) is 4.98 Å². The molecule has 18 heavy (non-hydrogen) atoms. The number of morpholine rings is 1. The fourth-order valence-electron chi connectivity index (χ4n) is 2.46. The van der Waals surface area contributed by atoms with E-state index in [0.29, 0.717) is 11.8 Å². The minimum atomic E-state index is 0.242. The van der Waals surface area contributed by atoms with Crippen LogP contribution in [0, 0.1) is 5.92 Å². The average molecular weight is 269 g/mol. The van der Waals surface area contributed by atoms with Crippen molar-refractivity contribution in [3.05, 3.63) is 22.8 Å². The van der Waals surface area contributed by atoms with Crippen LogP contribution in [0.15, 0.2) is 12.1 Å². The standard InChI is InChI=1S/C13H17ClN2O2/c14-10-6-12(11-5-9(11)8-17)15-13(7-10)16-1-3-18-4-2-16/h6-7,9,11,17H,1-5,8H2/t9-,11-/m1/s1. The molecule has 1 aliphatic carbocycles. The van der Waals surface area contributed by atoms with Crippen molar-refractivity contribution in [2.45, 2.75) is 12.3 Å². The van der Waals surface area contributed by atoms with E-state index in [9.17, 15) is 0 Å². The molecule has 1 aromatic heterocycles. The van der Waals surface area contributed by atoms with Gasteiger partial charge in [0.15, 0.2) is 0 Å². The summed E-state index contributed by atoms with van der Waals surface area (Å²) in [5, 5.41) is 9.86. The van der Waals surface area contributed by atoms with Gasteiger partial charge in [-0.15, -0.1) is 0 Å². The van der Waals surface area contributed by atoms with Gasteiger partial charge in [0.1, 0.15) is 5.82 Å². The van der Waals surface area contributed by atoms with Crippen LogP contribution in [0.1, 0.15) is 18.0 Å². The Morgan fingerprint density at radius 3 is 2.83 bits per heavy atom. The lowest BCUT2D eigenvalue weighted by Gasteiger charge is -2.28. The van der Waals surface area contributed by atoms with E-state index in [1.165, 1.54) is 0 Å². The van der Waals surface area contributed by atoms with E-state index in [1.54, 1.807) is 0 Å². The fourth-order valence-corrected chi connectivity index (χ4v) is 2.67. The summed E-state index contributed by atoms with van der Waals surface area (Å²) in [5.41, 5.74) is 1.02. The minimum absolute atomic E-state index is 0.242. The summed E-state index contributed by atoms with van der Waals surface area (Å²) in [6, 6.07) is 3.83. The highest BCUT2D eigenvalue weighted by molar-refractivity contribution is 6.30. The number of aromatic nitrogens is 1. The second kappa shape index (κ2) is 5.03. The highest BCUT2D eigenvalue weighted by atomic mass is 35.5. The van der Waals surface area contributed by atoms with Crippen LogP contribution in [0.5, 0.6) is 0 Å². The molecule has 0 aromatic carbocycles. The van der Waals surface area contributed by atoms with Gasteiger partial charge in [-0.2, -0.15) is 0 Å². The second-order valence-corrected chi connectivity index (χ2v) is 5.39. The molecule has 4 nitrogen and oxygen atoms in total. The molecule has 1 saturated heterocycles. The van der Waals surface area contributed by atoms with E-state index >= 15 is 0 Å². The Kier molecular flexibility index (Phi) is 3.41. The summed E-state index contributed by atoms with van der Waals surface area (Å²) in [6.45, 7) is 3.45. The SMILES string of the molecule is OC[C@H]1C[C@H]1c1cc(Cl)cc(N2CCOCC2)n1. The van der Waals surface area contributed by atoms with Crippen LogP contribution in [-0.2, 0) is 4.74 Å². The van der Waals surface area contributed by atoms with Crippen molar-refractivity contribution >= 4 is 17.4 Å². The summed E-state index contributed by atoms with van der Waals surface area (Å²) in [5.74, 6) is 1.69. The third-order valence-electron chi connectivity index (χ3n) is 3.67. The van der Waals surface area contributed by atoms with Gasteiger partial charge in [-0.1, -0.05) is 11.6 Å². The third-order valence-corrected chi connectivity index (χ3v) is 3.89. The number of aliphatic hydroxyl groups excluding tert-OH is 1. The third kappa shape index (κ3) is 2.46. The number of nitrogens with zero attached hydrogens (tertiary/aromatic N) is 2. The van der Waals surface area contributed by atoms with Crippen LogP contribution in [0.4, 0.5) is 5.82 Å². The molecular weight excluding hydrogens is 252 g/mol. The van der Waals surface area contributed by atoms with Gasteiger partial charge in [0, 0.05) is 36.3 Å². The van der Waals surface area contributed by atoms with Crippen LogP contribution in [0.2, 0.25) is 5.02 Å². The smallest absolute Gasteiger partial charge is 0.130 e. The van der Waals surface area contributed by atoms with Crippen molar-refractivity contribution in [1.82, 2.24) is 4.98 Å². The average Bonchev–Trinajstić information content (AvgIpc) is 3.18. The number of aliphatic hydroxyl groups is 1. The first-order valence-corrected chi connectivity index (χ1v) is 6.77. The van der Waals surface area contributed by atoms with Gasteiger partial charge in [0.25, 0.3) is 0 Å². The molecule has 1 saturated carbocycles. The zero-order valence-electron chi connectivity index (χ0n) is 10.2. The summed E-state index contributed by atoms with van der Waals surface area (Å²) in [6.07, 6.45) is 1.02. The van der Waals surface area contributed by atoms with Crippen molar-refractivity contribution in [2.75, 3.05) is 37.8 Å². The molecule has 0 amide bonds. The van der Waals surface area contributed by atoms with Gasteiger partial charge < -0.3 is 14.7 Å². The first kappa shape index (κ1) is 12.2. The van der Waals surface area contributed by atoms with E-state index in [0.717, 1.165) is 49.3 Å².